The monoisotopic (exact) mass is 514 g/mol. The fraction of sp³-hybridized carbons (Fsp3) is 0.276. The maximum Gasteiger partial charge on any atom is 0.269 e. The van der Waals surface area contributed by atoms with Crippen molar-refractivity contribution >= 4 is 28.2 Å². The second-order valence-electron chi connectivity index (χ2n) is 9.27. The Morgan fingerprint density at radius 2 is 1.68 bits per heavy atom. The molecule has 2 heterocycles. The smallest absolute Gasteiger partial charge is 0.269 e. The largest absolute Gasteiger partial charge is 0.493 e. The molecule has 1 aliphatic rings. The number of ether oxygens (including phenoxy) is 2. The van der Waals surface area contributed by atoms with Gasteiger partial charge in [0.1, 0.15) is 0 Å². The number of methoxy groups -OCH3 is 2. The Labute approximate surface area is 220 Å². The topological polar surface area (TPSA) is 101 Å². The van der Waals surface area contributed by atoms with E-state index in [2.05, 4.69) is 16.0 Å². The average molecular weight is 515 g/mol. The molecule has 0 bridgehead atoms. The van der Waals surface area contributed by atoms with E-state index in [1.165, 1.54) is 12.1 Å². The molecule has 5 rings (SSSR count). The van der Waals surface area contributed by atoms with Crippen LogP contribution in [0.3, 0.4) is 0 Å². The number of aromatic amines is 1. The van der Waals surface area contributed by atoms with Gasteiger partial charge in [-0.1, -0.05) is 30.3 Å². The summed E-state index contributed by atoms with van der Waals surface area (Å²) in [4.78, 5) is 31.6. The Hall–Kier alpha value is -4.53. The quantitative estimate of drug-likeness (QED) is 0.263. The number of hydrogen-bond acceptors (Lipinski definition) is 6. The summed E-state index contributed by atoms with van der Waals surface area (Å²) in [6, 6.07) is 20.4. The number of piperazine rings is 1. The molecule has 1 N–H and O–H groups in total. The number of anilines is 1. The Morgan fingerprint density at radius 3 is 2.37 bits per heavy atom. The van der Waals surface area contributed by atoms with E-state index in [1.54, 1.807) is 26.4 Å². The summed E-state index contributed by atoms with van der Waals surface area (Å²) in [6.45, 7) is 2.46. The maximum atomic E-state index is 13.7. The van der Waals surface area contributed by atoms with Crippen molar-refractivity contribution in [3.05, 3.63) is 94.2 Å². The number of fused-ring (bicyclic) bond motifs is 1. The molecule has 0 spiro atoms. The molecule has 9 heteroatoms. The maximum absolute atomic E-state index is 13.7. The van der Waals surface area contributed by atoms with Gasteiger partial charge < -0.3 is 24.3 Å². The number of nitro groups is 1. The molecule has 0 saturated carbocycles. The van der Waals surface area contributed by atoms with E-state index >= 15 is 0 Å². The predicted molar refractivity (Wildman–Crippen MR) is 146 cm³/mol. The minimum Gasteiger partial charge on any atom is -0.493 e. The average Bonchev–Trinajstić information content (AvgIpc) is 3.39. The predicted octanol–water partition coefficient (Wildman–Crippen LogP) is 4.96. The second-order valence-corrected chi connectivity index (χ2v) is 9.27. The van der Waals surface area contributed by atoms with Crippen molar-refractivity contribution in [2.75, 3.05) is 45.3 Å². The molecule has 1 amide bonds. The number of carbonyl (C=O) groups is 1. The summed E-state index contributed by atoms with van der Waals surface area (Å²) in [6.07, 6.45) is 2.26. The number of carbonyl (C=O) groups excluding carboxylic acids is 1. The molecule has 0 unspecified atom stereocenters. The number of nitrogens with one attached hydrogen (secondary N) is 1. The van der Waals surface area contributed by atoms with Crippen LogP contribution in [0.1, 0.15) is 23.5 Å². The number of non-ortho nitro benzene ring substituents is 1. The number of amides is 1. The SMILES string of the molecule is COc1cccc([C@@H](CC(=O)N2CCN(c3ccc([N+](=O)[O-])cc3)CC2)c2c[nH]c3ccccc23)c1OC. The lowest BCUT2D eigenvalue weighted by molar-refractivity contribution is -0.384. The highest BCUT2D eigenvalue weighted by molar-refractivity contribution is 5.86. The van der Waals surface area contributed by atoms with Gasteiger partial charge in [-0.15, -0.1) is 0 Å². The Kier molecular flexibility index (Phi) is 7.17. The van der Waals surface area contributed by atoms with Gasteiger partial charge in [-0.25, -0.2) is 0 Å². The van der Waals surface area contributed by atoms with E-state index in [1.807, 2.05) is 47.5 Å². The van der Waals surface area contributed by atoms with Crippen LogP contribution in [0.25, 0.3) is 10.9 Å². The van der Waals surface area contributed by atoms with Crippen LogP contribution in [0, 0.1) is 10.1 Å². The van der Waals surface area contributed by atoms with E-state index in [9.17, 15) is 14.9 Å². The third kappa shape index (κ3) is 4.87. The molecule has 0 radical (unpaired) electrons. The summed E-state index contributed by atoms with van der Waals surface area (Å²) >= 11 is 0. The highest BCUT2D eigenvalue weighted by Crippen LogP contribution is 2.42. The molecule has 0 aliphatic carbocycles. The number of nitrogens with zero attached hydrogens (tertiary/aromatic N) is 3. The van der Waals surface area contributed by atoms with Crippen LogP contribution in [0.4, 0.5) is 11.4 Å². The van der Waals surface area contributed by atoms with Gasteiger partial charge in [0.2, 0.25) is 5.91 Å². The minimum absolute atomic E-state index is 0.0634. The number of aromatic nitrogens is 1. The highest BCUT2D eigenvalue weighted by atomic mass is 16.6. The first kappa shape index (κ1) is 25.1. The van der Waals surface area contributed by atoms with Crippen LogP contribution >= 0.6 is 0 Å². The lowest BCUT2D eigenvalue weighted by Gasteiger charge is -2.36. The third-order valence-electron chi connectivity index (χ3n) is 7.24. The molecule has 1 saturated heterocycles. The van der Waals surface area contributed by atoms with E-state index in [0.29, 0.717) is 37.7 Å². The van der Waals surface area contributed by atoms with Crippen LogP contribution in [0.2, 0.25) is 0 Å². The zero-order chi connectivity index (χ0) is 26.6. The van der Waals surface area contributed by atoms with Crippen LogP contribution in [-0.2, 0) is 4.79 Å². The standard InChI is InChI=1S/C29H30N4O5/c1-37-27-9-5-7-23(29(27)38-2)24(25-19-30-26-8-4-3-6-22(25)26)18-28(34)32-16-14-31(15-17-32)20-10-12-21(13-11-20)33(35)36/h3-13,19,24,30H,14-18H2,1-2H3/t24-/m1/s1. The molecule has 196 valence electrons. The molecular formula is C29H30N4O5. The molecule has 3 aromatic carbocycles. The Morgan fingerprint density at radius 1 is 0.947 bits per heavy atom. The number of benzene rings is 3. The molecule has 1 aliphatic heterocycles. The van der Waals surface area contributed by atoms with Crippen molar-refractivity contribution in [1.29, 1.82) is 0 Å². The first-order valence-corrected chi connectivity index (χ1v) is 12.5. The van der Waals surface area contributed by atoms with Gasteiger partial charge in [-0.05, 0) is 29.8 Å². The lowest BCUT2D eigenvalue weighted by Crippen LogP contribution is -2.49. The van der Waals surface area contributed by atoms with Crippen LogP contribution in [0.5, 0.6) is 11.5 Å². The second kappa shape index (κ2) is 10.8. The summed E-state index contributed by atoms with van der Waals surface area (Å²) in [7, 11) is 3.23. The van der Waals surface area contributed by atoms with Crippen LogP contribution in [0.15, 0.2) is 72.9 Å². The van der Waals surface area contributed by atoms with Crippen LogP contribution in [-0.4, -0.2) is 61.1 Å². The number of H-pyrrole nitrogens is 1. The van der Waals surface area contributed by atoms with Gasteiger partial charge >= 0.3 is 0 Å². The zero-order valence-electron chi connectivity index (χ0n) is 21.4. The van der Waals surface area contributed by atoms with Gasteiger partial charge in [0.15, 0.2) is 11.5 Å². The zero-order valence-corrected chi connectivity index (χ0v) is 21.4. The van der Waals surface area contributed by atoms with Gasteiger partial charge in [0.25, 0.3) is 5.69 Å². The fourth-order valence-corrected chi connectivity index (χ4v) is 5.26. The molecule has 9 nitrogen and oxygen atoms in total. The number of rotatable bonds is 8. The van der Waals surface area contributed by atoms with Crippen LogP contribution < -0.4 is 14.4 Å². The van der Waals surface area contributed by atoms with E-state index in [0.717, 1.165) is 27.7 Å². The highest BCUT2D eigenvalue weighted by Gasteiger charge is 2.29. The van der Waals surface area contributed by atoms with Crippen molar-refractivity contribution in [2.24, 2.45) is 0 Å². The summed E-state index contributed by atoms with van der Waals surface area (Å²) in [5, 5.41) is 12.0. The number of nitro benzene ring substituents is 1. The molecule has 38 heavy (non-hydrogen) atoms. The minimum atomic E-state index is -0.401. The summed E-state index contributed by atoms with van der Waals surface area (Å²) in [5.74, 6) is 1.07. The number of para-hydroxylation sites is 2. The van der Waals surface area contributed by atoms with Crippen molar-refractivity contribution in [3.63, 3.8) is 0 Å². The van der Waals surface area contributed by atoms with E-state index < -0.39 is 4.92 Å². The van der Waals surface area contributed by atoms with E-state index in [-0.39, 0.29) is 23.9 Å². The van der Waals surface area contributed by atoms with Crippen molar-refractivity contribution in [1.82, 2.24) is 9.88 Å². The third-order valence-corrected chi connectivity index (χ3v) is 7.24. The summed E-state index contributed by atoms with van der Waals surface area (Å²) in [5.41, 5.74) is 3.93. The molecule has 1 atom stereocenters. The first-order valence-electron chi connectivity index (χ1n) is 12.5. The van der Waals surface area contributed by atoms with Crippen molar-refractivity contribution in [3.8, 4) is 11.5 Å². The van der Waals surface area contributed by atoms with Gasteiger partial charge in [-0.3, -0.25) is 14.9 Å². The van der Waals surface area contributed by atoms with Gasteiger partial charge in [0, 0.05) is 79.0 Å². The Balaban J connectivity index is 1.38. The van der Waals surface area contributed by atoms with Gasteiger partial charge in [-0.2, -0.15) is 0 Å². The number of hydrogen-bond donors (Lipinski definition) is 1. The first-order chi connectivity index (χ1) is 18.5. The molecule has 1 fully saturated rings. The van der Waals surface area contributed by atoms with Gasteiger partial charge in [0.05, 0.1) is 19.1 Å². The van der Waals surface area contributed by atoms with E-state index in [4.69, 9.17) is 9.47 Å². The molecule has 4 aromatic rings. The Bertz CT molecular complexity index is 1440. The van der Waals surface area contributed by atoms with Crippen molar-refractivity contribution < 1.29 is 19.2 Å². The normalized spacial score (nSPS) is 14.4. The lowest BCUT2D eigenvalue weighted by atomic mass is 9.87. The summed E-state index contributed by atoms with van der Waals surface area (Å²) < 4.78 is 11.3. The molecule has 1 aromatic heterocycles. The molecular weight excluding hydrogens is 484 g/mol. The fourth-order valence-electron chi connectivity index (χ4n) is 5.26. The van der Waals surface area contributed by atoms with Crippen molar-refractivity contribution in [2.45, 2.75) is 12.3 Å².